The molecule has 1 fully saturated rings. The largest absolute Gasteiger partial charge is 0.507 e. The lowest BCUT2D eigenvalue weighted by molar-refractivity contribution is -0.132. The molecule has 5 nitrogen and oxygen atoms in total. The predicted molar refractivity (Wildman–Crippen MR) is 127 cm³/mol. The number of carbonyl (C=O) groups is 2. The quantitative estimate of drug-likeness (QED) is 0.244. The summed E-state index contributed by atoms with van der Waals surface area (Å²) in [6, 6.07) is 17.4. The third-order valence-electron chi connectivity index (χ3n) is 5.71. The molecule has 0 bridgehead atoms. The van der Waals surface area contributed by atoms with Gasteiger partial charge in [0.1, 0.15) is 17.6 Å². The van der Waals surface area contributed by atoms with Gasteiger partial charge >= 0.3 is 5.91 Å². The van der Waals surface area contributed by atoms with E-state index in [1.54, 1.807) is 30.3 Å². The van der Waals surface area contributed by atoms with E-state index in [0.29, 0.717) is 11.1 Å². The minimum Gasteiger partial charge on any atom is -0.507 e. The molecule has 0 spiro atoms. The number of Topliss-reactive ketones (excluding diaryl/α,β-unsaturated/α-hetero) is 1. The van der Waals surface area contributed by atoms with Gasteiger partial charge < -0.3 is 5.11 Å². The summed E-state index contributed by atoms with van der Waals surface area (Å²) in [4.78, 5) is 32.1. The molecule has 1 N–H and O–H groups in total. The first-order valence-corrected chi connectivity index (χ1v) is 11.2. The SMILES string of the molecule is Cc1ccc(/C(O)=C2\C(=O)C(=O)N(c3nc4ccc(C)cc4s3)[C@@H]2c2ccccc2F)cc1. The molecule has 2 heterocycles. The molecule has 0 saturated carbocycles. The zero-order valence-electron chi connectivity index (χ0n) is 17.9. The van der Waals surface area contributed by atoms with Gasteiger partial charge in [-0.25, -0.2) is 9.37 Å². The predicted octanol–water partition coefficient (Wildman–Crippen LogP) is 5.68. The molecule has 164 valence electrons. The Morgan fingerprint density at radius 1 is 1.00 bits per heavy atom. The second kappa shape index (κ2) is 7.94. The highest BCUT2D eigenvalue weighted by Gasteiger charge is 2.49. The van der Waals surface area contributed by atoms with Crippen molar-refractivity contribution in [2.75, 3.05) is 4.90 Å². The highest BCUT2D eigenvalue weighted by atomic mass is 32.1. The number of benzene rings is 3. The molecule has 0 radical (unpaired) electrons. The van der Waals surface area contributed by atoms with Crippen LogP contribution >= 0.6 is 11.3 Å². The van der Waals surface area contributed by atoms with Gasteiger partial charge in [-0.1, -0.05) is 65.4 Å². The van der Waals surface area contributed by atoms with Crippen LogP contribution in [-0.2, 0) is 9.59 Å². The minimum atomic E-state index is -1.14. The molecule has 3 aromatic carbocycles. The fourth-order valence-electron chi connectivity index (χ4n) is 4.01. The molecule has 1 aliphatic heterocycles. The maximum atomic E-state index is 15.0. The van der Waals surface area contributed by atoms with Crippen molar-refractivity contribution in [1.29, 1.82) is 0 Å². The van der Waals surface area contributed by atoms with Gasteiger partial charge in [0.05, 0.1) is 15.8 Å². The number of aryl methyl sites for hydroxylation is 2. The summed E-state index contributed by atoms with van der Waals surface area (Å²) in [7, 11) is 0. The maximum Gasteiger partial charge on any atom is 0.301 e. The Bertz CT molecular complexity index is 1460. The normalized spacial score (nSPS) is 17.8. The van der Waals surface area contributed by atoms with Crippen molar-refractivity contribution in [3.8, 4) is 0 Å². The van der Waals surface area contributed by atoms with Gasteiger partial charge in [-0.3, -0.25) is 14.5 Å². The van der Waals surface area contributed by atoms with Crippen LogP contribution in [0.15, 0.2) is 72.3 Å². The smallest absolute Gasteiger partial charge is 0.301 e. The number of halogens is 1. The summed E-state index contributed by atoms with van der Waals surface area (Å²) < 4.78 is 15.8. The second-order valence-electron chi connectivity index (χ2n) is 8.02. The molecule has 0 aliphatic carbocycles. The van der Waals surface area contributed by atoms with E-state index in [1.165, 1.54) is 34.4 Å². The van der Waals surface area contributed by atoms with Gasteiger partial charge in [0, 0.05) is 11.1 Å². The number of anilines is 1. The van der Waals surface area contributed by atoms with E-state index < -0.39 is 23.5 Å². The van der Waals surface area contributed by atoms with Gasteiger partial charge in [-0.05, 0) is 37.6 Å². The van der Waals surface area contributed by atoms with Crippen molar-refractivity contribution >= 4 is 44.1 Å². The topological polar surface area (TPSA) is 70.5 Å². The van der Waals surface area contributed by atoms with E-state index in [0.717, 1.165) is 15.8 Å². The summed E-state index contributed by atoms with van der Waals surface area (Å²) in [5.74, 6) is -2.66. The summed E-state index contributed by atoms with van der Waals surface area (Å²) >= 11 is 1.25. The first-order chi connectivity index (χ1) is 15.8. The standard InChI is InChI=1S/C26H19FN2O3S/c1-14-7-10-16(11-8-14)23(30)21-22(17-5-3-4-6-18(17)27)29(25(32)24(21)31)26-28-19-12-9-15(2)13-20(19)33-26/h3-13,22,30H,1-2H3/b23-21+/t22-/m1/s1. The molecule has 1 aliphatic rings. The van der Waals surface area contributed by atoms with Crippen LogP contribution in [0.5, 0.6) is 0 Å². The highest BCUT2D eigenvalue weighted by molar-refractivity contribution is 7.22. The van der Waals surface area contributed by atoms with E-state index in [1.807, 2.05) is 32.0 Å². The molecule has 0 unspecified atom stereocenters. The van der Waals surface area contributed by atoms with E-state index in [2.05, 4.69) is 4.98 Å². The monoisotopic (exact) mass is 458 g/mol. The average molecular weight is 459 g/mol. The lowest BCUT2D eigenvalue weighted by Crippen LogP contribution is -2.29. The van der Waals surface area contributed by atoms with Crippen LogP contribution < -0.4 is 4.90 Å². The number of rotatable bonds is 3. The summed E-state index contributed by atoms with van der Waals surface area (Å²) in [6.07, 6.45) is 0. The molecule has 4 aromatic rings. The fraction of sp³-hybridized carbons (Fsp3) is 0.115. The van der Waals surface area contributed by atoms with Crippen LogP contribution in [0.4, 0.5) is 9.52 Å². The summed E-state index contributed by atoms with van der Waals surface area (Å²) in [5.41, 5.74) is 3.01. The van der Waals surface area contributed by atoms with Crippen molar-refractivity contribution < 1.29 is 19.1 Å². The van der Waals surface area contributed by atoms with Crippen molar-refractivity contribution in [3.05, 3.63) is 100 Å². The Kier molecular flexibility index (Phi) is 5.06. The third-order valence-corrected chi connectivity index (χ3v) is 6.73. The van der Waals surface area contributed by atoms with Crippen LogP contribution in [0.1, 0.15) is 28.3 Å². The van der Waals surface area contributed by atoms with E-state index >= 15 is 0 Å². The lowest BCUT2D eigenvalue weighted by Gasteiger charge is -2.23. The van der Waals surface area contributed by atoms with Gasteiger partial charge in [0.2, 0.25) is 0 Å². The second-order valence-corrected chi connectivity index (χ2v) is 9.03. The fourth-order valence-corrected chi connectivity index (χ4v) is 5.10. The van der Waals surface area contributed by atoms with Crippen LogP contribution in [0, 0.1) is 19.7 Å². The molecular formula is C26H19FN2O3S. The van der Waals surface area contributed by atoms with E-state index in [4.69, 9.17) is 0 Å². The number of ketones is 1. The van der Waals surface area contributed by atoms with Gasteiger partial charge in [0.15, 0.2) is 5.13 Å². The molecule has 1 aromatic heterocycles. The number of aromatic nitrogens is 1. The Labute approximate surface area is 193 Å². The molecule has 7 heteroatoms. The number of hydrogen-bond donors (Lipinski definition) is 1. The highest BCUT2D eigenvalue weighted by Crippen LogP contribution is 2.44. The van der Waals surface area contributed by atoms with Crippen LogP contribution in [0.25, 0.3) is 16.0 Å². The van der Waals surface area contributed by atoms with Gasteiger partial charge in [-0.2, -0.15) is 0 Å². The lowest BCUT2D eigenvalue weighted by atomic mass is 9.95. The zero-order valence-corrected chi connectivity index (χ0v) is 18.7. The van der Waals surface area contributed by atoms with Crippen molar-refractivity contribution in [2.45, 2.75) is 19.9 Å². The van der Waals surface area contributed by atoms with Crippen LogP contribution in [0.2, 0.25) is 0 Å². The third kappa shape index (κ3) is 3.50. The van der Waals surface area contributed by atoms with Crippen LogP contribution in [0.3, 0.4) is 0 Å². The number of aliphatic hydroxyl groups is 1. The number of thiazole rings is 1. The minimum absolute atomic E-state index is 0.112. The summed E-state index contributed by atoms with van der Waals surface area (Å²) in [5, 5.41) is 11.4. The van der Waals surface area contributed by atoms with E-state index in [9.17, 15) is 19.1 Å². The molecular weight excluding hydrogens is 439 g/mol. The number of aliphatic hydroxyl groups excluding tert-OH is 1. The zero-order chi connectivity index (χ0) is 23.3. The first-order valence-electron chi connectivity index (χ1n) is 10.3. The number of amides is 1. The number of fused-ring (bicyclic) bond motifs is 1. The Morgan fingerprint density at radius 2 is 1.70 bits per heavy atom. The molecule has 1 atom stereocenters. The van der Waals surface area contributed by atoms with Crippen molar-refractivity contribution in [3.63, 3.8) is 0 Å². The number of hydrogen-bond acceptors (Lipinski definition) is 5. The number of carbonyl (C=O) groups excluding carboxylic acids is 2. The van der Waals surface area contributed by atoms with Gasteiger partial charge in [0.25, 0.3) is 5.78 Å². The molecule has 1 saturated heterocycles. The van der Waals surface area contributed by atoms with Crippen LogP contribution in [-0.4, -0.2) is 21.8 Å². The average Bonchev–Trinajstić information content (AvgIpc) is 3.32. The maximum absolute atomic E-state index is 15.0. The Hall–Kier alpha value is -3.84. The molecule has 1 amide bonds. The summed E-state index contributed by atoms with van der Waals surface area (Å²) in [6.45, 7) is 3.85. The molecule has 5 rings (SSSR count). The first kappa shape index (κ1) is 21.0. The molecule has 33 heavy (non-hydrogen) atoms. The Morgan fingerprint density at radius 3 is 2.42 bits per heavy atom. The van der Waals surface area contributed by atoms with Crippen molar-refractivity contribution in [2.24, 2.45) is 0 Å². The Balaban J connectivity index is 1.75. The number of nitrogens with zero attached hydrogens (tertiary/aromatic N) is 2. The van der Waals surface area contributed by atoms with Crippen molar-refractivity contribution in [1.82, 2.24) is 4.98 Å². The van der Waals surface area contributed by atoms with E-state index in [-0.39, 0.29) is 22.0 Å². The van der Waals surface area contributed by atoms with Gasteiger partial charge in [-0.15, -0.1) is 0 Å².